The molecule has 1 aromatic rings. The first kappa shape index (κ1) is 18.7. The lowest BCUT2D eigenvalue weighted by molar-refractivity contribution is -0.0258. The summed E-state index contributed by atoms with van der Waals surface area (Å²) in [4.78, 5) is 16.9. The quantitative estimate of drug-likeness (QED) is 0.628. The predicted octanol–water partition coefficient (Wildman–Crippen LogP) is 2.71. The van der Waals surface area contributed by atoms with Gasteiger partial charge in [0, 0.05) is 18.8 Å². The summed E-state index contributed by atoms with van der Waals surface area (Å²) in [7, 11) is -1.07. The van der Waals surface area contributed by atoms with E-state index in [0.29, 0.717) is 5.69 Å². The zero-order valence-corrected chi connectivity index (χ0v) is 14.9. The highest BCUT2D eigenvalue weighted by molar-refractivity contribution is 7.89. The Hall–Kier alpha value is -1.64. The number of rotatable bonds is 5. The van der Waals surface area contributed by atoms with Gasteiger partial charge in [0.2, 0.25) is 0 Å². The number of anilines is 1. The van der Waals surface area contributed by atoms with Crippen LogP contribution >= 0.6 is 0 Å². The Balaban J connectivity index is 1.94. The maximum atomic E-state index is 12.1. The van der Waals surface area contributed by atoms with Crippen molar-refractivity contribution in [3.63, 3.8) is 0 Å². The number of urea groups is 1. The number of amides is 2. The van der Waals surface area contributed by atoms with Crippen molar-refractivity contribution in [1.29, 1.82) is 0 Å². The molecule has 1 aliphatic rings. The molecule has 0 aliphatic heterocycles. The third-order valence-electron chi connectivity index (χ3n) is 4.20. The lowest BCUT2D eigenvalue weighted by Gasteiger charge is -2.17. The molecule has 0 radical (unpaired) electrons. The van der Waals surface area contributed by atoms with Gasteiger partial charge in [-0.1, -0.05) is 30.2 Å². The summed E-state index contributed by atoms with van der Waals surface area (Å²) >= 11 is 0. The average molecular weight is 355 g/mol. The molecule has 0 saturated heterocycles. The van der Waals surface area contributed by atoms with Crippen LogP contribution in [-0.2, 0) is 14.9 Å². The van der Waals surface area contributed by atoms with Crippen molar-refractivity contribution in [2.45, 2.75) is 49.5 Å². The molecule has 0 spiro atoms. The van der Waals surface area contributed by atoms with E-state index in [1.807, 2.05) is 0 Å². The van der Waals surface area contributed by atoms with E-state index in [1.165, 1.54) is 39.1 Å². The molecule has 1 aromatic carbocycles. The molecule has 2 N–H and O–H groups in total. The van der Waals surface area contributed by atoms with Gasteiger partial charge < -0.3 is 10.6 Å². The van der Waals surface area contributed by atoms with Crippen molar-refractivity contribution in [3.05, 3.63) is 24.3 Å². The van der Waals surface area contributed by atoms with Crippen LogP contribution in [0.25, 0.3) is 0 Å². The molecule has 1 fully saturated rings. The van der Waals surface area contributed by atoms with Crippen LogP contribution in [0.15, 0.2) is 29.2 Å². The highest BCUT2D eigenvalue weighted by Crippen LogP contribution is 2.19. The van der Waals surface area contributed by atoms with E-state index in [1.54, 1.807) is 12.1 Å². The number of hydrogen-bond donors (Lipinski definition) is 2. The number of benzene rings is 1. The Bertz CT molecular complexity index is 638. The molecule has 0 bridgehead atoms. The minimum absolute atomic E-state index is 0.0987. The molecule has 0 unspecified atom stereocenters. The van der Waals surface area contributed by atoms with E-state index < -0.39 is 10.0 Å². The van der Waals surface area contributed by atoms with Crippen LogP contribution < -0.4 is 10.6 Å². The van der Waals surface area contributed by atoms with Crippen molar-refractivity contribution < 1.29 is 18.0 Å². The fourth-order valence-corrected chi connectivity index (χ4v) is 3.71. The summed E-state index contributed by atoms with van der Waals surface area (Å²) in [6.45, 7) is 0. The van der Waals surface area contributed by atoms with Gasteiger partial charge in [-0.3, -0.25) is 4.84 Å². The third-order valence-corrected chi connectivity index (χ3v) is 5.89. The minimum atomic E-state index is -3.68. The van der Waals surface area contributed by atoms with E-state index in [0.717, 1.165) is 30.2 Å². The van der Waals surface area contributed by atoms with Crippen LogP contribution in [0, 0.1) is 0 Å². The summed E-state index contributed by atoms with van der Waals surface area (Å²) in [6, 6.07) is 5.94. The van der Waals surface area contributed by atoms with Gasteiger partial charge in [-0.15, -0.1) is 0 Å². The Labute approximate surface area is 143 Å². The first-order valence-electron chi connectivity index (χ1n) is 8.14. The van der Waals surface area contributed by atoms with Gasteiger partial charge in [-0.05, 0) is 37.1 Å². The van der Waals surface area contributed by atoms with Gasteiger partial charge in [0.15, 0.2) is 0 Å². The van der Waals surface area contributed by atoms with Gasteiger partial charge in [-0.25, -0.2) is 13.2 Å². The van der Waals surface area contributed by atoms with Crippen molar-refractivity contribution >= 4 is 21.7 Å². The molecule has 2 rings (SSSR count). The lowest BCUT2D eigenvalue weighted by Crippen LogP contribution is -2.37. The molecule has 1 saturated carbocycles. The number of carbonyl (C=O) groups is 1. The predicted molar refractivity (Wildman–Crippen MR) is 92.0 cm³/mol. The van der Waals surface area contributed by atoms with E-state index in [4.69, 9.17) is 4.84 Å². The second-order valence-electron chi connectivity index (χ2n) is 5.91. The number of hydroxylamine groups is 1. The van der Waals surface area contributed by atoms with Gasteiger partial charge >= 0.3 is 6.03 Å². The second-order valence-corrected chi connectivity index (χ2v) is 7.84. The molecule has 8 heteroatoms. The van der Waals surface area contributed by atoms with E-state index in [9.17, 15) is 13.2 Å². The lowest BCUT2D eigenvalue weighted by atomic mass is 10.1. The van der Waals surface area contributed by atoms with Crippen molar-refractivity contribution in [3.8, 4) is 0 Å². The number of carbonyl (C=O) groups excluding carboxylic acids is 1. The third kappa shape index (κ3) is 4.93. The number of hydrogen-bond acceptors (Lipinski definition) is 4. The van der Waals surface area contributed by atoms with E-state index in [-0.39, 0.29) is 17.0 Å². The molecule has 7 nitrogen and oxygen atoms in total. The first-order valence-corrected chi connectivity index (χ1v) is 9.58. The highest BCUT2D eigenvalue weighted by atomic mass is 32.2. The standard InChI is InChI=1S/C16H25N3O4S/c1-19(23-2)24(21,22)15-11-9-14(10-12-15)18-16(20)17-13-7-5-3-4-6-8-13/h9-13H,3-8H2,1-2H3,(H2,17,18,20). The molecular weight excluding hydrogens is 330 g/mol. The van der Waals surface area contributed by atoms with Crippen LogP contribution in [0.3, 0.4) is 0 Å². The van der Waals surface area contributed by atoms with Crippen molar-refractivity contribution in [2.75, 3.05) is 19.5 Å². The Morgan fingerprint density at radius 2 is 1.71 bits per heavy atom. The highest BCUT2D eigenvalue weighted by Gasteiger charge is 2.20. The van der Waals surface area contributed by atoms with Gasteiger partial charge in [-0.2, -0.15) is 0 Å². The second kappa shape index (κ2) is 8.46. The fraction of sp³-hybridized carbons (Fsp3) is 0.562. The van der Waals surface area contributed by atoms with Crippen LogP contribution in [0.5, 0.6) is 0 Å². The van der Waals surface area contributed by atoms with Crippen LogP contribution in [-0.4, -0.2) is 39.1 Å². The largest absolute Gasteiger partial charge is 0.335 e. The number of sulfonamides is 1. The summed E-state index contributed by atoms with van der Waals surface area (Å²) in [6.07, 6.45) is 6.76. The fourth-order valence-electron chi connectivity index (χ4n) is 2.73. The zero-order chi connectivity index (χ0) is 17.6. The monoisotopic (exact) mass is 355 g/mol. The minimum Gasteiger partial charge on any atom is -0.335 e. The maximum absolute atomic E-state index is 12.1. The van der Waals surface area contributed by atoms with Crippen molar-refractivity contribution in [2.24, 2.45) is 0 Å². The van der Waals surface area contributed by atoms with E-state index >= 15 is 0 Å². The SMILES string of the molecule is CON(C)S(=O)(=O)c1ccc(NC(=O)NC2CCCCCC2)cc1. The molecule has 24 heavy (non-hydrogen) atoms. The van der Waals surface area contributed by atoms with E-state index in [2.05, 4.69) is 10.6 Å². The Morgan fingerprint density at radius 1 is 1.12 bits per heavy atom. The molecule has 1 aliphatic carbocycles. The average Bonchev–Trinajstić information content (AvgIpc) is 2.83. The summed E-state index contributed by atoms with van der Waals surface area (Å²) in [5.41, 5.74) is 0.542. The molecule has 0 heterocycles. The smallest absolute Gasteiger partial charge is 0.319 e. The Kier molecular flexibility index (Phi) is 6.59. The molecule has 0 aromatic heterocycles. The molecule has 134 valence electrons. The number of nitrogens with zero attached hydrogens (tertiary/aromatic N) is 1. The molecule has 2 amide bonds. The summed E-state index contributed by atoms with van der Waals surface area (Å²) in [5, 5.41) is 5.72. The zero-order valence-electron chi connectivity index (χ0n) is 14.1. The van der Waals surface area contributed by atoms with Gasteiger partial charge in [0.1, 0.15) is 0 Å². The summed E-state index contributed by atoms with van der Waals surface area (Å²) in [5.74, 6) is 0. The molecular formula is C16H25N3O4S. The van der Waals surface area contributed by atoms with Gasteiger partial charge in [0.05, 0.1) is 12.0 Å². The normalized spacial score (nSPS) is 16.6. The molecule has 0 atom stereocenters. The topological polar surface area (TPSA) is 87.7 Å². The first-order chi connectivity index (χ1) is 11.4. The Morgan fingerprint density at radius 3 is 2.25 bits per heavy atom. The van der Waals surface area contributed by atoms with Gasteiger partial charge in [0.25, 0.3) is 10.0 Å². The number of nitrogens with one attached hydrogen (secondary N) is 2. The maximum Gasteiger partial charge on any atom is 0.319 e. The van der Waals surface area contributed by atoms with Crippen LogP contribution in [0.1, 0.15) is 38.5 Å². The van der Waals surface area contributed by atoms with Crippen LogP contribution in [0.2, 0.25) is 0 Å². The van der Waals surface area contributed by atoms with Crippen LogP contribution in [0.4, 0.5) is 10.5 Å². The summed E-state index contributed by atoms with van der Waals surface area (Å²) < 4.78 is 25.0. The van der Waals surface area contributed by atoms with Crippen molar-refractivity contribution in [1.82, 2.24) is 9.79 Å².